The van der Waals surface area contributed by atoms with E-state index in [1.807, 2.05) is 12.3 Å². The van der Waals surface area contributed by atoms with E-state index in [4.69, 9.17) is 11.6 Å². The van der Waals surface area contributed by atoms with Crippen LogP contribution in [-0.2, 0) is 16.2 Å². The molecule has 13 heteroatoms. The standard InChI is InChI=1S/C19H18ClF3N4O2S3/c1-12-25-15(11-30-12)16-3-4-17(31-16)32(28,29)27-6-2-5-26(7-8-27)18-14(20)9-13(10-24-18)19(21,22)23/h3-4,9-11H,2,5-8H2,1H3/p+1. The Labute approximate surface area is 196 Å². The van der Waals surface area contributed by atoms with Gasteiger partial charge in [-0.15, -0.1) is 22.7 Å². The summed E-state index contributed by atoms with van der Waals surface area (Å²) in [6, 6.07) is 4.22. The monoisotopic (exact) mass is 523 g/mol. The fraction of sp³-hybridized carbons (Fsp3) is 0.368. The first kappa shape index (κ1) is 23.4. The average Bonchev–Trinajstić information content (AvgIpc) is 3.31. The predicted octanol–water partition coefficient (Wildman–Crippen LogP) is 4.57. The molecule has 0 atom stereocenters. The quantitative estimate of drug-likeness (QED) is 0.502. The second-order valence-electron chi connectivity index (χ2n) is 7.20. The number of nitrogens with zero attached hydrogens (tertiary/aromatic N) is 3. The topological polar surface area (TPSA) is 67.7 Å². The number of thiophene rings is 1. The smallest absolute Gasteiger partial charge is 0.259 e. The number of hydrogen-bond donors (Lipinski definition) is 0. The summed E-state index contributed by atoms with van der Waals surface area (Å²) in [5.74, 6) is 0.344. The molecule has 4 heterocycles. The Balaban J connectivity index is 1.50. The van der Waals surface area contributed by atoms with Crippen LogP contribution in [0.4, 0.5) is 19.0 Å². The van der Waals surface area contributed by atoms with E-state index in [2.05, 4.69) is 9.97 Å². The molecule has 0 bridgehead atoms. The van der Waals surface area contributed by atoms with Crippen molar-refractivity contribution >= 4 is 50.1 Å². The van der Waals surface area contributed by atoms with Crippen LogP contribution in [0.25, 0.3) is 10.6 Å². The normalized spacial score (nSPS) is 16.3. The maximum absolute atomic E-state index is 13.2. The van der Waals surface area contributed by atoms with Crippen LogP contribution in [0.5, 0.6) is 0 Å². The van der Waals surface area contributed by atoms with E-state index in [-0.39, 0.29) is 15.8 Å². The number of anilines is 1. The van der Waals surface area contributed by atoms with Crippen molar-refractivity contribution in [3.63, 3.8) is 0 Å². The van der Waals surface area contributed by atoms with E-state index in [0.29, 0.717) is 31.9 Å². The Kier molecular flexibility index (Phi) is 6.52. The number of pyridine rings is 1. The van der Waals surface area contributed by atoms with Crippen LogP contribution in [0.15, 0.2) is 34.0 Å². The number of nitrogens with one attached hydrogen (secondary N) is 1. The first-order chi connectivity index (χ1) is 15.1. The molecule has 0 aromatic carbocycles. The summed E-state index contributed by atoms with van der Waals surface area (Å²) in [7, 11) is -3.70. The lowest BCUT2D eigenvalue weighted by Gasteiger charge is -2.19. The Morgan fingerprint density at radius 2 is 1.97 bits per heavy atom. The van der Waals surface area contributed by atoms with Gasteiger partial charge in [-0.05, 0) is 31.5 Å². The minimum absolute atomic E-state index is 0.0578. The van der Waals surface area contributed by atoms with Crippen LogP contribution >= 0.6 is 34.3 Å². The molecule has 0 saturated carbocycles. The Morgan fingerprint density at radius 1 is 1.19 bits per heavy atom. The molecule has 172 valence electrons. The minimum Gasteiger partial charge on any atom is -0.259 e. The van der Waals surface area contributed by atoms with Crippen molar-refractivity contribution in [1.29, 1.82) is 0 Å². The van der Waals surface area contributed by atoms with Crippen LogP contribution in [0.1, 0.15) is 17.0 Å². The van der Waals surface area contributed by atoms with Gasteiger partial charge in [0.25, 0.3) is 15.8 Å². The largest absolute Gasteiger partial charge is 0.419 e. The molecule has 0 aliphatic carbocycles. The average molecular weight is 524 g/mol. The number of H-pyrrole nitrogens is 1. The van der Waals surface area contributed by atoms with Crippen LogP contribution in [0.2, 0.25) is 5.02 Å². The molecule has 3 aromatic rings. The lowest BCUT2D eigenvalue weighted by Crippen LogP contribution is -2.36. The summed E-state index contributed by atoms with van der Waals surface area (Å²) in [4.78, 5) is 9.59. The van der Waals surface area contributed by atoms with Crippen molar-refractivity contribution in [3.05, 3.63) is 45.4 Å². The van der Waals surface area contributed by atoms with E-state index in [9.17, 15) is 21.6 Å². The number of hydrogen-bond acceptors (Lipinski definition) is 6. The second-order valence-corrected chi connectivity index (χ2v) is 11.9. The summed E-state index contributed by atoms with van der Waals surface area (Å²) in [6.07, 6.45) is -3.12. The number of aromatic nitrogens is 2. The van der Waals surface area contributed by atoms with Gasteiger partial charge >= 0.3 is 6.18 Å². The number of alkyl halides is 3. The summed E-state index contributed by atoms with van der Waals surface area (Å²) in [5, 5.41) is 2.74. The van der Waals surface area contributed by atoms with Crippen LogP contribution in [0.3, 0.4) is 0 Å². The van der Waals surface area contributed by atoms with E-state index in [0.717, 1.165) is 27.8 Å². The van der Waals surface area contributed by atoms with Gasteiger partial charge in [0.15, 0.2) is 0 Å². The highest BCUT2D eigenvalue weighted by Crippen LogP contribution is 2.34. The van der Waals surface area contributed by atoms with Crippen molar-refractivity contribution in [2.45, 2.75) is 23.7 Å². The van der Waals surface area contributed by atoms with Crippen molar-refractivity contribution < 1.29 is 26.6 Å². The number of thiazole rings is 1. The van der Waals surface area contributed by atoms with Gasteiger partial charge in [0.1, 0.15) is 15.4 Å². The summed E-state index contributed by atoms with van der Waals surface area (Å²) in [6.45, 7) is 3.14. The molecule has 1 N–H and O–H groups in total. The van der Waals surface area contributed by atoms with Gasteiger partial charge in [-0.3, -0.25) is 4.90 Å². The highest BCUT2D eigenvalue weighted by molar-refractivity contribution is 7.91. The fourth-order valence-corrected chi connectivity index (χ4v) is 7.30. The second kappa shape index (κ2) is 8.90. The zero-order valence-corrected chi connectivity index (χ0v) is 20.0. The molecular weight excluding hydrogens is 505 g/mol. The molecule has 0 amide bonds. The summed E-state index contributed by atoms with van der Waals surface area (Å²) < 4.78 is 66.7. The van der Waals surface area contributed by atoms with Crippen LogP contribution in [0, 0.1) is 6.92 Å². The number of sulfonamides is 1. The maximum atomic E-state index is 13.2. The predicted molar refractivity (Wildman–Crippen MR) is 119 cm³/mol. The highest BCUT2D eigenvalue weighted by Gasteiger charge is 2.35. The molecule has 4 rings (SSSR count). The Morgan fingerprint density at radius 3 is 2.62 bits per heavy atom. The van der Waals surface area contributed by atoms with Crippen molar-refractivity contribution in [2.24, 2.45) is 0 Å². The van der Waals surface area contributed by atoms with E-state index >= 15 is 0 Å². The Hall–Kier alpha value is -1.73. The molecule has 1 saturated heterocycles. The lowest BCUT2D eigenvalue weighted by atomic mass is 10.2. The van der Waals surface area contributed by atoms with Crippen LogP contribution in [-0.4, -0.2) is 43.9 Å². The molecule has 32 heavy (non-hydrogen) atoms. The van der Waals surface area contributed by atoms with Gasteiger partial charge in [-0.25, -0.2) is 18.4 Å². The molecule has 6 nitrogen and oxygen atoms in total. The molecule has 1 aliphatic rings. The van der Waals surface area contributed by atoms with Gasteiger partial charge in [-0.2, -0.15) is 17.5 Å². The van der Waals surface area contributed by atoms with Crippen LogP contribution < -0.4 is 9.88 Å². The molecule has 1 aliphatic heterocycles. The molecule has 0 unspecified atom stereocenters. The third-order valence-electron chi connectivity index (χ3n) is 5.02. The van der Waals surface area contributed by atoms with Crippen molar-refractivity contribution in [3.8, 4) is 10.6 Å². The van der Waals surface area contributed by atoms with Gasteiger partial charge in [0.05, 0.1) is 40.8 Å². The van der Waals surface area contributed by atoms with Crippen molar-refractivity contribution in [1.82, 2.24) is 9.29 Å². The van der Waals surface area contributed by atoms with E-state index in [1.54, 1.807) is 17.0 Å². The summed E-state index contributed by atoms with van der Waals surface area (Å²) in [5.41, 5.74) is -0.109. The summed E-state index contributed by atoms with van der Waals surface area (Å²) >= 11 is 8.78. The maximum Gasteiger partial charge on any atom is 0.419 e. The molecular formula is C19H19ClF3N4O2S3+. The lowest BCUT2D eigenvalue weighted by molar-refractivity contribution is -0.367. The molecule has 0 radical (unpaired) electrons. The fourth-order valence-electron chi connectivity index (χ4n) is 3.43. The van der Waals surface area contributed by atoms with Gasteiger partial charge in [0, 0.05) is 11.9 Å². The van der Waals surface area contributed by atoms with Crippen molar-refractivity contribution in [2.75, 3.05) is 31.1 Å². The van der Waals surface area contributed by atoms with E-state index in [1.165, 1.54) is 27.0 Å². The minimum atomic E-state index is -4.50. The third-order valence-corrected chi connectivity index (χ3v) is 9.55. The molecule has 1 fully saturated rings. The van der Waals surface area contributed by atoms with Gasteiger partial charge < -0.3 is 0 Å². The zero-order valence-electron chi connectivity index (χ0n) is 16.8. The number of aromatic amines is 1. The zero-order chi connectivity index (χ0) is 23.1. The van der Waals surface area contributed by atoms with Gasteiger partial charge in [-0.1, -0.05) is 11.6 Å². The Bertz CT molecular complexity index is 1230. The molecule has 0 spiro atoms. The number of aryl methyl sites for hydroxylation is 1. The first-order valence-electron chi connectivity index (χ1n) is 9.61. The SMILES string of the molecule is Cc1nc(-c2ccc(S(=O)(=O)N3CCCN(c4[nH+]cc(C(F)(F)F)cc4Cl)CC3)s2)cs1. The third kappa shape index (κ3) is 4.79. The first-order valence-corrected chi connectivity index (χ1v) is 13.1. The number of rotatable bonds is 4. The number of halogens is 4. The highest BCUT2D eigenvalue weighted by atomic mass is 35.5. The van der Waals surface area contributed by atoms with E-state index < -0.39 is 21.8 Å². The van der Waals surface area contributed by atoms with Gasteiger partial charge in [0.2, 0.25) is 0 Å². The molecule has 3 aromatic heterocycles.